The first kappa shape index (κ1) is 79.7. The lowest BCUT2D eigenvalue weighted by molar-refractivity contribution is -0.170. The minimum atomic E-state index is -2.66. The van der Waals surface area contributed by atoms with Crippen LogP contribution in [0.15, 0.2) is 54.8 Å². The number of hydrogen-bond acceptors (Lipinski definition) is 16. The fraction of sp³-hybridized carbons (Fsp3) is 0.831. The topological polar surface area (TPSA) is 179 Å². The van der Waals surface area contributed by atoms with Gasteiger partial charge < -0.3 is 61.2 Å². The molecular formula is C71H126INO15Si4. The predicted molar refractivity (Wildman–Crippen MR) is 385 cm³/mol. The number of hydrogen-bond donors (Lipinski definition) is 2. The van der Waals surface area contributed by atoms with Crippen molar-refractivity contribution >= 4 is 67.6 Å². The third-order valence-electron chi connectivity index (χ3n) is 22.6. The van der Waals surface area contributed by atoms with Crippen molar-refractivity contribution in [3.8, 4) is 0 Å². The fourth-order valence-corrected chi connectivity index (χ4v) is 18.5. The summed E-state index contributed by atoms with van der Waals surface area (Å²) in [5.74, 6) is -0.962. The van der Waals surface area contributed by atoms with Crippen molar-refractivity contribution in [3.05, 3.63) is 60.3 Å². The molecular weight excluding hydrogens is 1350 g/mol. The number of alkyl halides is 1. The number of benzene rings is 1. The number of rotatable bonds is 17. The molecule has 21 heteroatoms. The monoisotopic (exact) mass is 1470 g/mol. The maximum absolute atomic E-state index is 14.9. The number of halogens is 1. The summed E-state index contributed by atoms with van der Waals surface area (Å²) >= 11 is 2.45. The molecule has 6 aliphatic heterocycles. The second-order valence-corrected chi connectivity index (χ2v) is 53.8. The molecule has 7 rings (SSSR count). The number of aliphatic hydroxyl groups excluding tert-OH is 2. The van der Waals surface area contributed by atoms with Crippen LogP contribution in [-0.2, 0) is 55.8 Å². The zero-order chi connectivity index (χ0) is 69.0. The minimum Gasteiger partial charge on any atom is -0.414 e. The van der Waals surface area contributed by atoms with E-state index in [1.165, 1.54) is 0 Å². The summed E-state index contributed by atoms with van der Waals surface area (Å²) in [6.45, 7) is 53.9. The molecule has 0 amide bonds. The van der Waals surface area contributed by atoms with E-state index in [4.69, 9.17) is 51.0 Å². The van der Waals surface area contributed by atoms with Gasteiger partial charge in [0, 0.05) is 55.8 Å². The Balaban J connectivity index is 1.40. The maximum atomic E-state index is 14.9. The lowest BCUT2D eigenvalue weighted by Crippen LogP contribution is -2.57. The molecule has 0 spiro atoms. The van der Waals surface area contributed by atoms with Gasteiger partial charge in [0.2, 0.25) is 0 Å². The first-order valence-corrected chi connectivity index (χ1v) is 47.8. The molecule has 16 nitrogen and oxygen atoms in total. The smallest absolute Gasteiger partial charge is 0.363 e. The Morgan fingerprint density at radius 1 is 0.772 bits per heavy atom. The third kappa shape index (κ3) is 20.7. The van der Waals surface area contributed by atoms with E-state index >= 15 is 0 Å². The van der Waals surface area contributed by atoms with E-state index in [0.717, 1.165) is 17.3 Å². The molecule has 0 radical (unpaired) electrons. The van der Waals surface area contributed by atoms with Crippen LogP contribution < -0.4 is 0 Å². The Morgan fingerprint density at radius 2 is 1.37 bits per heavy atom. The molecule has 0 aromatic heterocycles. The van der Waals surface area contributed by atoms with Gasteiger partial charge in [-0.05, 0) is 148 Å². The van der Waals surface area contributed by atoms with Crippen molar-refractivity contribution in [2.24, 2.45) is 11.8 Å². The van der Waals surface area contributed by atoms with E-state index in [-0.39, 0.29) is 94.2 Å². The number of ether oxygens (including phenoxy) is 6. The van der Waals surface area contributed by atoms with Gasteiger partial charge in [0.05, 0.1) is 105 Å². The average molecular weight is 1470 g/mol. The van der Waals surface area contributed by atoms with Gasteiger partial charge in [0.15, 0.2) is 33.3 Å². The van der Waals surface area contributed by atoms with Gasteiger partial charge >= 0.3 is 5.97 Å². The van der Waals surface area contributed by atoms with E-state index in [1.807, 2.05) is 24.3 Å². The summed E-state index contributed by atoms with van der Waals surface area (Å²) in [7, 11) is -8.07. The highest BCUT2D eigenvalue weighted by Crippen LogP contribution is 2.48. The van der Waals surface area contributed by atoms with Crippen molar-refractivity contribution in [2.75, 3.05) is 31.3 Å². The first-order chi connectivity index (χ1) is 42.3. The number of carbonyl (C=O) groups excluding carboxylic acids is 2. The Bertz CT molecular complexity index is 2560. The van der Waals surface area contributed by atoms with Gasteiger partial charge in [-0.1, -0.05) is 137 Å². The van der Waals surface area contributed by atoms with E-state index in [9.17, 15) is 19.8 Å². The Labute approximate surface area is 574 Å². The molecule has 0 aliphatic carbocycles. The number of carbonyl (C=O) groups is 2. The van der Waals surface area contributed by atoms with Crippen LogP contribution in [0.1, 0.15) is 178 Å². The third-order valence-corrected chi connectivity index (χ3v) is 41.9. The van der Waals surface area contributed by atoms with Crippen LogP contribution in [0.25, 0.3) is 0 Å². The van der Waals surface area contributed by atoms with Gasteiger partial charge in [0.1, 0.15) is 17.5 Å². The van der Waals surface area contributed by atoms with Crippen LogP contribution >= 0.6 is 22.6 Å². The number of nitrogens with zero attached hydrogens (tertiary/aromatic N) is 1. The molecule has 4 fully saturated rings. The maximum Gasteiger partial charge on any atom is 0.363 e. The van der Waals surface area contributed by atoms with Crippen molar-refractivity contribution in [1.82, 2.24) is 5.06 Å². The summed E-state index contributed by atoms with van der Waals surface area (Å²) in [6.07, 6.45) is 1.95. The highest BCUT2D eigenvalue weighted by molar-refractivity contribution is 14.1. The van der Waals surface area contributed by atoms with Gasteiger partial charge in [-0.3, -0.25) is 4.79 Å². The Hall–Kier alpha value is -1.24. The number of ketones is 1. The molecule has 5 bridgehead atoms. The largest absolute Gasteiger partial charge is 0.414 e. The first-order valence-electron chi connectivity index (χ1n) is 34.6. The molecule has 1 aromatic carbocycles. The Morgan fingerprint density at radius 3 is 1.93 bits per heavy atom. The normalized spacial score (nSPS) is 32.5. The standard InChI is InChI=1S/C71H126INO15Si4/c1-47-38-53-32-33-62-71(46-72,84-53)43-54(81-62)34-36-73(85-66(77)50-28-26-25-27-29-50)37-35-59(87-91(21,22)69(10,11)12)65(63(49(3)74)88-92(23,24)70(13,14)15)82-55-31-30-52(79-44-55)39-51(75)40-57-60(42-58(76)48(47)2)83-61(64(57)78-16)41-56(86-90(19,20)68(7,8)9)45-80-89(17,18)67(4,5)6/h25-29,35,37,47,49,52-65,74,76H,2,30-34,36,38-46H2,1,3-24H3/b37-35+/t47?,49-,52?,53?,54?,55-,56?,57?,58?,59?,60-,61?,62-,63?,64+,65?,71?/m0/s1. The number of fused-ring (bicyclic) bond motifs is 14. The van der Waals surface area contributed by atoms with Crippen LogP contribution in [0.5, 0.6) is 0 Å². The molecule has 6 aliphatic rings. The summed E-state index contributed by atoms with van der Waals surface area (Å²) < 4.78 is 71.6. The highest BCUT2D eigenvalue weighted by Gasteiger charge is 2.54. The summed E-state index contributed by atoms with van der Waals surface area (Å²) in [5, 5.41) is 25.5. The van der Waals surface area contributed by atoms with Crippen LogP contribution in [0.4, 0.5) is 0 Å². The number of hydroxylamine groups is 2. The van der Waals surface area contributed by atoms with Crippen molar-refractivity contribution < 1.29 is 70.8 Å². The second-order valence-electron chi connectivity index (χ2n) is 34.0. The molecule has 92 heavy (non-hydrogen) atoms. The molecule has 528 valence electrons. The fourth-order valence-electron chi connectivity index (χ4n) is 12.5. The van der Waals surface area contributed by atoms with Crippen molar-refractivity contribution in [1.29, 1.82) is 0 Å². The van der Waals surface area contributed by atoms with E-state index in [1.54, 1.807) is 37.4 Å². The van der Waals surface area contributed by atoms with Crippen LogP contribution in [-0.4, -0.2) is 183 Å². The lowest BCUT2D eigenvalue weighted by atomic mass is 9.82. The van der Waals surface area contributed by atoms with Crippen LogP contribution in [0.3, 0.4) is 0 Å². The molecule has 1 aromatic rings. The van der Waals surface area contributed by atoms with Crippen molar-refractivity contribution in [2.45, 2.75) is 331 Å². The zero-order valence-electron chi connectivity index (χ0n) is 61.1. The minimum absolute atomic E-state index is 0.00517. The zero-order valence-corrected chi connectivity index (χ0v) is 67.3. The molecule has 2 N–H and O–H groups in total. The number of aliphatic hydroxyl groups is 2. The molecule has 17 atom stereocenters. The van der Waals surface area contributed by atoms with Gasteiger partial charge in [0.25, 0.3) is 0 Å². The van der Waals surface area contributed by atoms with E-state index in [0.29, 0.717) is 62.8 Å². The highest BCUT2D eigenvalue weighted by atomic mass is 127. The SMILES string of the molecule is C=C1C(C)CC2CC[C@@H]3OC(CCN(OC(=O)c4ccccc4)/C=C/C(O[Si](C)(C)C(C)(C)C)C(C(O[Si](C)(C)C(C)(C)C)[C@H](C)O)O[C@H]4CCC(CC(=O)CC5[C@@H](OC)C(CC(CO[Si](C)(C)C(C)(C)C)O[Si](C)(C)C(C)(C)C)O[C@H]5CC1O)OC4)CC3(CI)O2. The molecule has 4 saturated heterocycles. The summed E-state index contributed by atoms with van der Waals surface area (Å²) in [5.41, 5.74) is 0.575. The summed E-state index contributed by atoms with van der Waals surface area (Å²) in [4.78, 5) is 35.3. The van der Waals surface area contributed by atoms with Gasteiger partial charge in [-0.2, -0.15) is 0 Å². The van der Waals surface area contributed by atoms with E-state index in [2.05, 4.69) is 172 Å². The van der Waals surface area contributed by atoms with Gasteiger partial charge in [-0.25, -0.2) is 9.86 Å². The average Bonchev–Trinajstić information content (AvgIpc) is 1.52. The summed E-state index contributed by atoms with van der Waals surface area (Å²) in [6, 6.07) is 8.98. The Kier molecular flexibility index (Phi) is 27.7. The second kappa shape index (κ2) is 32.0. The van der Waals surface area contributed by atoms with Crippen molar-refractivity contribution in [3.63, 3.8) is 0 Å². The van der Waals surface area contributed by atoms with Gasteiger partial charge in [-0.15, -0.1) is 0 Å². The number of methoxy groups -OCH3 is 1. The lowest BCUT2D eigenvalue weighted by Gasteiger charge is -2.47. The molecule has 12 unspecified atom stereocenters. The number of Topliss-reactive ketones (excluding diaryl/α,β-unsaturated/α-hetero) is 1. The van der Waals surface area contributed by atoms with Crippen LogP contribution in [0, 0.1) is 11.8 Å². The molecule has 0 saturated carbocycles. The molecule has 6 heterocycles. The quantitative estimate of drug-likeness (QED) is 0.0650. The van der Waals surface area contributed by atoms with Crippen LogP contribution in [0.2, 0.25) is 72.5 Å². The predicted octanol–water partition coefficient (Wildman–Crippen LogP) is 15.5. The van der Waals surface area contributed by atoms with E-state index < -0.39 is 99.8 Å².